The van der Waals surface area contributed by atoms with Gasteiger partial charge in [-0.05, 0) is 29.3 Å². The third-order valence-corrected chi connectivity index (χ3v) is 4.22. The van der Waals surface area contributed by atoms with Gasteiger partial charge in [0.2, 0.25) is 0 Å². The zero-order valence-corrected chi connectivity index (χ0v) is 13.7. The number of rotatable bonds is 5. The minimum atomic E-state index is 0.328. The van der Waals surface area contributed by atoms with E-state index in [1.54, 1.807) is 14.2 Å². The fourth-order valence-electron chi connectivity index (χ4n) is 3.03. The Bertz CT molecular complexity index is 611. The van der Waals surface area contributed by atoms with Gasteiger partial charge in [0.15, 0.2) is 0 Å². The molecule has 1 N–H and O–H groups in total. The van der Waals surface area contributed by atoms with E-state index in [-0.39, 0.29) is 0 Å². The summed E-state index contributed by atoms with van der Waals surface area (Å²) >= 11 is 0. The summed E-state index contributed by atoms with van der Waals surface area (Å²) < 4.78 is 10.8. The van der Waals surface area contributed by atoms with E-state index in [1.807, 2.05) is 24.5 Å². The van der Waals surface area contributed by atoms with Crippen LogP contribution in [0.5, 0.6) is 11.5 Å². The Labute approximate surface area is 137 Å². The number of pyridine rings is 1. The first-order valence-electron chi connectivity index (χ1n) is 7.87. The molecule has 3 rings (SSSR count). The highest BCUT2D eigenvalue weighted by molar-refractivity contribution is 5.38. The highest BCUT2D eigenvalue weighted by Gasteiger charge is 2.24. The van der Waals surface area contributed by atoms with Gasteiger partial charge in [-0.2, -0.15) is 0 Å². The highest BCUT2D eigenvalue weighted by Crippen LogP contribution is 2.27. The normalized spacial score (nSPS) is 18.6. The summed E-state index contributed by atoms with van der Waals surface area (Å²) in [7, 11) is 3.36. The van der Waals surface area contributed by atoms with E-state index in [1.165, 1.54) is 11.1 Å². The number of aromatic nitrogens is 1. The summed E-state index contributed by atoms with van der Waals surface area (Å²) in [6, 6.07) is 10.5. The molecule has 2 heterocycles. The molecular formula is C18H23N3O2. The van der Waals surface area contributed by atoms with Gasteiger partial charge >= 0.3 is 0 Å². The van der Waals surface area contributed by atoms with Gasteiger partial charge in [0.05, 0.1) is 14.2 Å². The molecule has 1 unspecified atom stereocenters. The third kappa shape index (κ3) is 3.81. The molecule has 1 fully saturated rings. The molecule has 122 valence electrons. The van der Waals surface area contributed by atoms with E-state index in [0.29, 0.717) is 6.04 Å². The van der Waals surface area contributed by atoms with Gasteiger partial charge in [-0.25, -0.2) is 0 Å². The van der Waals surface area contributed by atoms with Gasteiger partial charge in [-0.1, -0.05) is 6.07 Å². The van der Waals surface area contributed by atoms with Crippen molar-refractivity contribution in [1.29, 1.82) is 0 Å². The standard InChI is InChI=1S/C18H23N3O2/c1-22-16-8-14(9-17(10-16)23-2)13-21-7-6-20-12-18(21)15-4-3-5-19-11-15/h3-5,8-11,18,20H,6-7,12-13H2,1-2H3. The molecule has 1 saturated heterocycles. The summed E-state index contributed by atoms with van der Waals surface area (Å²) in [6.07, 6.45) is 3.77. The van der Waals surface area contributed by atoms with Crippen LogP contribution in [0, 0.1) is 0 Å². The molecule has 0 amide bonds. The smallest absolute Gasteiger partial charge is 0.122 e. The van der Waals surface area contributed by atoms with Crippen LogP contribution in [0.25, 0.3) is 0 Å². The lowest BCUT2D eigenvalue weighted by atomic mass is 10.0. The van der Waals surface area contributed by atoms with Gasteiger partial charge in [0, 0.05) is 50.7 Å². The van der Waals surface area contributed by atoms with Gasteiger partial charge in [0.25, 0.3) is 0 Å². The van der Waals surface area contributed by atoms with Crippen molar-refractivity contribution in [3.63, 3.8) is 0 Å². The molecule has 1 aliphatic heterocycles. The van der Waals surface area contributed by atoms with Crippen LogP contribution in [0.3, 0.4) is 0 Å². The zero-order valence-electron chi connectivity index (χ0n) is 13.7. The van der Waals surface area contributed by atoms with Gasteiger partial charge < -0.3 is 14.8 Å². The third-order valence-electron chi connectivity index (χ3n) is 4.22. The Morgan fingerprint density at radius 1 is 1.22 bits per heavy atom. The Balaban J connectivity index is 1.82. The van der Waals surface area contributed by atoms with Crippen LogP contribution in [-0.2, 0) is 6.54 Å². The van der Waals surface area contributed by atoms with Crippen molar-refractivity contribution in [2.75, 3.05) is 33.9 Å². The van der Waals surface area contributed by atoms with Crippen LogP contribution in [-0.4, -0.2) is 43.7 Å². The Morgan fingerprint density at radius 3 is 2.65 bits per heavy atom. The predicted molar refractivity (Wildman–Crippen MR) is 89.8 cm³/mol. The number of benzene rings is 1. The van der Waals surface area contributed by atoms with Crippen molar-refractivity contribution in [1.82, 2.24) is 15.2 Å². The molecule has 0 radical (unpaired) electrons. The first-order chi connectivity index (χ1) is 11.3. The summed E-state index contributed by atoms with van der Waals surface area (Å²) in [5, 5.41) is 3.48. The number of hydrogen-bond donors (Lipinski definition) is 1. The minimum Gasteiger partial charge on any atom is -0.497 e. The van der Waals surface area contributed by atoms with Crippen molar-refractivity contribution in [2.45, 2.75) is 12.6 Å². The molecule has 1 aromatic carbocycles. The molecule has 23 heavy (non-hydrogen) atoms. The van der Waals surface area contributed by atoms with E-state index in [2.05, 4.69) is 33.4 Å². The van der Waals surface area contributed by atoms with Crippen LogP contribution >= 0.6 is 0 Å². The van der Waals surface area contributed by atoms with E-state index < -0.39 is 0 Å². The zero-order chi connectivity index (χ0) is 16.1. The molecule has 0 aliphatic carbocycles. The largest absolute Gasteiger partial charge is 0.497 e. The quantitative estimate of drug-likeness (QED) is 0.917. The van der Waals surface area contributed by atoms with E-state index in [9.17, 15) is 0 Å². The van der Waals surface area contributed by atoms with E-state index >= 15 is 0 Å². The average molecular weight is 313 g/mol. The van der Waals surface area contributed by atoms with Gasteiger partial charge in [-0.15, -0.1) is 0 Å². The summed E-state index contributed by atoms with van der Waals surface area (Å²) in [4.78, 5) is 6.74. The van der Waals surface area contributed by atoms with Crippen LogP contribution in [0.2, 0.25) is 0 Å². The first kappa shape index (κ1) is 15.8. The second-order valence-corrected chi connectivity index (χ2v) is 5.70. The van der Waals surface area contributed by atoms with Gasteiger partial charge in [0.1, 0.15) is 11.5 Å². The molecule has 5 heteroatoms. The summed E-state index contributed by atoms with van der Waals surface area (Å²) in [6.45, 7) is 3.79. The number of ether oxygens (including phenoxy) is 2. The summed E-state index contributed by atoms with van der Waals surface area (Å²) in [5.74, 6) is 1.65. The maximum absolute atomic E-state index is 5.38. The monoisotopic (exact) mass is 313 g/mol. The lowest BCUT2D eigenvalue weighted by molar-refractivity contribution is 0.153. The topological polar surface area (TPSA) is 46.6 Å². The Morgan fingerprint density at radius 2 is 2.00 bits per heavy atom. The first-order valence-corrected chi connectivity index (χ1v) is 7.87. The fourth-order valence-corrected chi connectivity index (χ4v) is 3.03. The van der Waals surface area contributed by atoms with Gasteiger partial charge in [-0.3, -0.25) is 9.88 Å². The molecular weight excluding hydrogens is 290 g/mol. The molecule has 5 nitrogen and oxygen atoms in total. The molecule has 0 spiro atoms. The second kappa shape index (κ2) is 7.44. The van der Waals surface area contributed by atoms with Crippen LogP contribution in [0.15, 0.2) is 42.7 Å². The predicted octanol–water partition coefficient (Wildman–Crippen LogP) is 2.25. The lowest BCUT2D eigenvalue weighted by Gasteiger charge is -2.36. The van der Waals surface area contributed by atoms with Crippen molar-refractivity contribution in [3.05, 3.63) is 53.9 Å². The molecule has 1 aromatic heterocycles. The number of piperazine rings is 1. The average Bonchev–Trinajstić information content (AvgIpc) is 2.62. The van der Waals surface area contributed by atoms with Crippen LogP contribution in [0.4, 0.5) is 0 Å². The van der Waals surface area contributed by atoms with Crippen LogP contribution in [0.1, 0.15) is 17.2 Å². The maximum Gasteiger partial charge on any atom is 0.122 e. The molecule has 1 atom stereocenters. The number of hydrogen-bond acceptors (Lipinski definition) is 5. The van der Waals surface area contributed by atoms with Crippen molar-refractivity contribution in [3.8, 4) is 11.5 Å². The lowest BCUT2D eigenvalue weighted by Crippen LogP contribution is -2.45. The van der Waals surface area contributed by atoms with Crippen molar-refractivity contribution in [2.24, 2.45) is 0 Å². The van der Waals surface area contributed by atoms with Crippen LogP contribution < -0.4 is 14.8 Å². The second-order valence-electron chi connectivity index (χ2n) is 5.70. The Kier molecular flexibility index (Phi) is 5.10. The van der Waals surface area contributed by atoms with Crippen molar-refractivity contribution < 1.29 is 9.47 Å². The fraction of sp³-hybridized carbons (Fsp3) is 0.389. The van der Waals surface area contributed by atoms with E-state index in [0.717, 1.165) is 37.7 Å². The van der Waals surface area contributed by atoms with Crippen molar-refractivity contribution >= 4 is 0 Å². The van der Waals surface area contributed by atoms with E-state index in [4.69, 9.17) is 9.47 Å². The molecule has 0 saturated carbocycles. The Hall–Kier alpha value is -2.11. The number of nitrogens with one attached hydrogen (secondary N) is 1. The number of methoxy groups -OCH3 is 2. The SMILES string of the molecule is COc1cc(CN2CCNCC2c2cccnc2)cc(OC)c1. The molecule has 1 aliphatic rings. The molecule has 2 aromatic rings. The minimum absolute atomic E-state index is 0.328. The maximum atomic E-state index is 5.38. The summed E-state index contributed by atoms with van der Waals surface area (Å²) in [5.41, 5.74) is 2.44. The molecule has 0 bridgehead atoms. The highest BCUT2D eigenvalue weighted by atomic mass is 16.5. The number of nitrogens with zero attached hydrogens (tertiary/aromatic N) is 2.